The van der Waals surface area contributed by atoms with E-state index in [9.17, 15) is 0 Å². The molecule has 3 heteroatoms. The van der Waals surface area contributed by atoms with Crippen LogP contribution in [0.2, 0.25) is 0 Å². The largest absolute Gasteiger partial charge is 0.321 e. The first-order valence-corrected chi connectivity index (χ1v) is 6.90. The van der Waals surface area contributed by atoms with Crippen LogP contribution in [0.1, 0.15) is 28.8 Å². The summed E-state index contributed by atoms with van der Waals surface area (Å²) >= 11 is 1.70. The summed E-state index contributed by atoms with van der Waals surface area (Å²) in [4.78, 5) is 5.42. The lowest BCUT2D eigenvalue weighted by atomic mass is 9.75. The van der Waals surface area contributed by atoms with E-state index in [4.69, 9.17) is 5.73 Å². The van der Waals surface area contributed by atoms with Gasteiger partial charge in [0.2, 0.25) is 0 Å². The van der Waals surface area contributed by atoms with E-state index in [1.807, 2.05) is 11.7 Å². The van der Waals surface area contributed by atoms with Gasteiger partial charge in [-0.15, -0.1) is 11.3 Å². The summed E-state index contributed by atoms with van der Waals surface area (Å²) in [7, 11) is 0. The predicted octanol–water partition coefficient (Wildman–Crippen LogP) is 2.88. The van der Waals surface area contributed by atoms with E-state index >= 15 is 0 Å². The molecule has 0 radical (unpaired) electrons. The maximum atomic E-state index is 6.64. The van der Waals surface area contributed by atoms with Crippen molar-refractivity contribution in [2.45, 2.75) is 31.2 Å². The van der Waals surface area contributed by atoms with Crippen molar-refractivity contribution in [3.8, 4) is 0 Å². The lowest BCUT2D eigenvalue weighted by Crippen LogP contribution is -2.41. The Labute approximate surface area is 106 Å². The van der Waals surface area contributed by atoms with Crippen molar-refractivity contribution >= 4 is 11.3 Å². The van der Waals surface area contributed by atoms with Crippen LogP contribution in [0.5, 0.6) is 0 Å². The first-order valence-electron chi connectivity index (χ1n) is 6.03. The Morgan fingerprint density at radius 1 is 1.35 bits per heavy atom. The molecular formula is C14H16N2S. The lowest BCUT2D eigenvalue weighted by molar-refractivity contribution is 0.371. The highest BCUT2D eigenvalue weighted by Gasteiger charge is 2.32. The fraction of sp³-hybridized carbons (Fsp3) is 0.357. The van der Waals surface area contributed by atoms with Crippen molar-refractivity contribution in [2.24, 2.45) is 5.73 Å². The van der Waals surface area contributed by atoms with E-state index in [2.05, 4.69) is 29.2 Å². The summed E-state index contributed by atoms with van der Waals surface area (Å²) in [6, 6.07) is 8.61. The molecule has 0 aliphatic heterocycles. The van der Waals surface area contributed by atoms with Gasteiger partial charge in [0.05, 0.1) is 5.51 Å². The van der Waals surface area contributed by atoms with Gasteiger partial charge in [-0.3, -0.25) is 4.98 Å². The minimum atomic E-state index is -0.193. The minimum Gasteiger partial charge on any atom is -0.321 e. The van der Waals surface area contributed by atoms with Crippen LogP contribution in [0.3, 0.4) is 0 Å². The van der Waals surface area contributed by atoms with Crippen molar-refractivity contribution in [2.75, 3.05) is 0 Å². The average Bonchev–Trinajstić information content (AvgIpc) is 2.82. The zero-order valence-corrected chi connectivity index (χ0v) is 10.5. The van der Waals surface area contributed by atoms with Crippen LogP contribution in [-0.4, -0.2) is 4.98 Å². The Balaban J connectivity index is 1.98. The van der Waals surface area contributed by atoms with E-state index in [0.29, 0.717) is 0 Å². The summed E-state index contributed by atoms with van der Waals surface area (Å²) in [6.07, 6.45) is 6.28. The Kier molecular flexibility index (Phi) is 2.73. The van der Waals surface area contributed by atoms with Gasteiger partial charge in [-0.1, -0.05) is 24.3 Å². The SMILES string of the molecule is NC1(Cc2cncs2)CCCc2ccccc21. The van der Waals surface area contributed by atoms with Gasteiger partial charge >= 0.3 is 0 Å². The summed E-state index contributed by atoms with van der Waals surface area (Å²) in [5, 5.41) is 0. The second-order valence-electron chi connectivity index (χ2n) is 4.81. The predicted molar refractivity (Wildman–Crippen MR) is 71.1 cm³/mol. The average molecular weight is 244 g/mol. The third-order valence-electron chi connectivity index (χ3n) is 3.60. The van der Waals surface area contributed by atoms with Crippen LogP contribution in [-0.2, 0) is 18.4 Å². The maximum absolute atomic E-state index is 6.64. The molecule has 1 aliphatic carbocycles. The summed E-state index contributed by atoms with van der Waals surface area (Å²) in [6.45, 7) is 0. The Morgan fingerprint density at radius 3 is 3.06 bits per heavy atom. The molecule has 1 heterocycles. The molecular weight excluding hydrogens is 228 g/mol. The second kappa shape index (κ2) is 4.24. The summed E-state index contributed by atoms with van der Waals surface area (Å²) in [5.74, 6) is 0. The van der Waals surface area contributed by atoms with Crippen molar-refractivity contribution in [3.05, 3.63) is 52.0 Å². The molecule has 88 valence electrons. The van der Waals surface area contributed by atoms with Gasteiger partial charge in [-0.25, -0.2) is 0 Å². The topological polar surface area (TPSA) is 38.9 Å². The quantitative estimate of drug-likeness (QED) is 0.882. The van der Waals surface area contributed by atoms with Gasteiger partial charge in [0.1, 0.15) is 0 Å². The van der Waals surface area contributed by atoms with Gasteiger partial charge in [-0.05, 0) is 30.4 Å². The standard InChI is InChI=1S/C14H16N2S/c15-14(8-12-9-16-10-17-12)7-3-5-11-4-1-2-6-13(11)14/h1-2,4,6,9-10H,3,5,7-8,15H2. The van der Waals surface area contributed by atoms with Crippen LogP contribution < -0.4 is 5.73 Å². The molecule has 0 bridgehead atoms. The molecule has 2 N–H and O–H groups in total. The van der Waals surface area contributed by atoms with Crippen LogP contribution >= 0.6 is 11.3 Å². The van der Waals surface area contributed by atoms with E-state index in [1.54, 1.807) is 11.3 Å². The minimum absolute atomic E-state index is 0.193. The van der Waals surface area contributed by atoms with E-state index in [1.165, 1.54) is 22.4 Å². The highest BCUT2D eigenvalue weighted by atomic mass is 32.1. The number of fused-ring (bicyclic) bond motifs is 1. The molecule has 2 nitrogen and oxygen atoms in total. The highest BCUT2D eigenvalue weighted by molar-refractivity contribution is 7.09. The van der Waals surface area contributed by atoms with Crippen molar-refractivity contribution in [3.63, 3.8) is 0 Å². The summed E-state index contributed by atoms with van der Waals surface area (Å²) < 4.78 is 0. The van der Waals surface area contributed by atoms with Gasteiger partial charge in [0.15, 0.2) is 0 Å². The molecule has 1 atom stereocenters. The fourth-order valence-corrected chi connectivity index (χ4v) is 3.50. The molecule has 0 amide bonds. The van der Waals surface area contributed by atoms with Crippen LogP contribution in [0.4, 0.5) is 0 Å². The third-order valence-corrected chi connectivity index (χ3v) is 4.38. The van der Waals surface area contributed by atoms with E-state index in [0.717, 1.165) is 19.3 Å². The zero-order chi connectivity index (χ0) is 11.7. The first-order chi connectivity index (χ1) is 8.28. The molecule has 1 aromatic carbocycles. The van der Waals surface area contributed by atoms with E-state index < -0.39 is 0 Å². The number of hydrogen-bond acceptors (Lipinski definition) is 3. The van der Waals surface area contributed by atoms with Crippen molar-refractivity contribution in [1.82, 2.24) is 4.98 Å². The van der Waals surface area contributed by atoms with Crippen molar-refractivity contribution in [1.29, 1.82) is 0 Å². The molecule has 1 aliphatic rings. The molecule has 3 rings (SSSR count). The Bertz CT molecular complexity index is 507. The number of aryl methyl sites for hydroxylation is 1. The van der Waals surface area contributed by atoms with Crippen LogP contribution in [0.15, 0.2) is 36.0 Å². The molecule has 0 saturated carbocycles. The highest BCUT2D eigenvalue weighted by Crippen LogP contribution is 2.36. The van der Waals surface area contributed by atoms with Gasteiger partial charge in [0.25, 0.3) is 0 Å². The monoisotopic (exact) mass is 244 g/mol. The van der Waals surface area contributed by atoms with Gasteiger partial charge < -0.3 is 5.73 Å². The molecule has 1 aromatic heterocycles. The lowest BCUT2D eigenvalue weighted by Gasteiger charge is -2.35. The van der Waals surface area contributed by atoms with Crippen LogP contribution in [0.25, 0.3) is 0 Å². The number of aromatic nitrogens is 1. The zero-order valence-electron chi connectivity index (χ0n) is 9.73. The molecule has 17 heavy (non-hydrogen) atoms. The van der Waals surface area contributed by atoms with Gasteiger partial charge in [0, 0.05) is 23.0 Å². The Hall–Kier alpha value is -1.19. The number of nitrogens with two attached hydrogens (primary N) is 1. The second-order valence-corrected chi connectivity index (χ2v) is 5.78. The van der Waals surface area contributed by atoms with Crippen LogP contribution in [0, 0.1) is 0 Å². The number of thiazole rings is 1. The molecule has 0 spiro atoms. The number of rotatable bonds is 2. The van der Waals surface area contributed by atoms with Gasteiger partial charge in [-0.2, -0.15) is 0 Å². The first kappa shape index (κ1) is 10.9. The molecule has 0 saturated heterocycles. The smallest absolute Gasteiger partial charge is 0.0794 e. The number of nitrogens with zero attached hydrogens (tertiary/aromatic N) is 1. The normalized spacial score (nSPS) is 23.4. The molecule has 2 aromatic rings. The maximum Gasteiger partial charge on any atom is 0.0794 e. The molecule has 1 unspecified atom stereocenters. The molecule has 0 fully saturated rings. The summed E-state index contributed by atoms with van der Waals surface area (Å²) in [5.41, 5.74) is 11.1. The number of benzene rings is 1. The number of hydrogen-bond donors (Lipinski definition) is 1. The van der Waals surface area contributed by atoms with E-state index in [-0.39, 0.29) is 5.54 Å². The fourth-order valence-electron chi connectivity index (χ4n) is 2.78. The third kappa shape index (κ3) is 2.01. The van der Waals surface area contributed by atoms with Crippen molar-refractivity contribution < 1.29 is 0 Å². The Morgan fingerprint density at radius 2 is 2.24 bits per heavy atom.